The van der Waals surface area contributed by atoms with Gasteiger partial charge in [0.15, 0.2) is 5.79 Å². The minimum absolute atomic E-state index is 0.0377. The molecule has 4 unspecified atom stereocenters. The van der Waals surface area contributed by atoms with E-state index >= 15 is 0 Å². The second-order valence-electron chi connectivity index (χ2n) is 5.90. The van der Waals surface area contributed by atoms with Crippen LogP contribution in [0.5, 0.6) is 0 Å². The van der Waals surface area contributed by atoms with Gasteiger partial charge in [-0.2, -0.15) is 4.31 Å². The number of hydrogen-bond donors (Lipinski definition) is 5. The third-order valence-electron chi connectivity index (χ3n) is 3.57. The number of rotatable bonds is 10. The Labute approximate surface area is 179 Å². The zero-order valence-corrected chi connectivity index (χ0v) is 18.8. The molecule has 1 saturated heterocycles. The molecule has 15 nitrogen and oxygen atoms in total. The molecule has 0 amide bonds. The van der Waals surface area contributed by atoms with Gasteiger partial charge in [0, 0.05) is 18.7 Å². The Balaban J connectivity index is 2.14. The first-order valence-corrected chi connectivity index (χ1v) is 13.6. The van der Waals surface area contributed by atoms with Crippen LogP contribution >= 0.6 is 22.4 Å². The molecule has 2 heterocycles. The lowest BCUT2D eigenvalue weighted by Crippen LogP contribution is -2.39. The van der Waals surface area contributed by atoms with Crippen molar-refractivity contribution in [1.82, 2.24) is 9.55 Å². The van der Waals surface area contributed by atoms with E-state index in [0.717, 1.165) is 10.6 Å². The zero-order chi connectivity index (χ0) is 23.5. The molecule has 2 rings (SSSR count). The zero-order valence-electron chi connectivity index (χ0n) is 15.3. The van der Waals surface area contributed by atoms with Gasteiger partial charge in [0.2, 0.25) is 0 Å². The second kappa shape index (κ2) is 9.86. The molecule has 4 atom stereocenters. The van der Waals surface area contributed by atoms with Crippen LogP contribution in [0, 0.1) is 12.3 Å². The van der Waals surface area contributed by atoms with Gasteiger partial charge in [-0.1, -0.05) is 5.92 Å². The summed E-state index contributed by atoms with van der Waals surface area (Å²) in [7, 11) is -11.0. The van der Waals surface area contributed by atoms with Gasteiger partial charge in [-0.3, -0.25) is 14.3 Å². The van der Waals surface area contributed by atoms with Gasteiger partial charge in [0.1, 0.15) is 19.4 Å². The maximum absolute atomic E-state index is 12.0. The van der Waals surface area contributed by atoms with Gasteiger partial charge < -0.3 is 33.6 Å². The summed E-state index contributed by atoms with van der Waals surface area (Å²) < 4.78 is 47.1. The number of ether oxygens (including phenoxy) is 2. The Hall–Kier alpha value is -1.01. The summed E-state index contributed by atoms with van der Waals surface area (Å²) in [6.07, 6.45) is 5.61. The maximum atomic E-state index is 12.0. The first-order valence-electron chi connectivity index (χ1n) is 8.01. The van der Waals surface area contributed by atoms with Crippen LogP contribution in [-0.4, -0.2) is 48.1 Å². The third-order valence-corrected chi connectivity index (χ3v) is 8.27. The number of aromatic nitrogens is 2. The van der Waals surface area contributed by atoms with Crippen molar-refractivity contribution in [3.63, 3.8) is 0 Å². The predicted octanol–water partition coefficient (Wildman–Crippen LogP) is -0.349. The molecule has 0 aliphatic carbocycles. The molecule has 5 N–H and O–H groups in total. The normalized spacial score (nSPS) is 25.5. The van der Waals surface area contributed by atoms with Crippen LogP contribution in [-0.2, 0) is 43.6 Å². The summed E-state index contributed by atoms with van der Waals surface area (Å²) >= 11 is 4.55. The number of H-pyrrole nitrogens is 1. The Morgan fingerprint density at radius 1 is 1.32 bits per heavy atom. The van der Waals surface area contributed by atoms with Crippen molar-refractivity contribution in [3.8, 4) is 12.3 Å². The first kappa shape index (κ1) is 26.2. The second-order valence-corrected chi connectivity index (χ2v) is 11.7. The van der Waals surface area contributed by atoms with Gasteiger partial charge in [0.25, 0.3) is 5.56 Å². The van der Waals surface area contributed by atoms with Crippen LogP contribution in [0.2, 0.25) is 0 Å². The van der Waals surface area contributed by atoms with Crippen LogP contribution < -0.4 is 11.2 Å². The van der Waals surface area contributed by atoms with Crippen molar-refractivity contribution in [2.75, 3.05) is 13.2 Å². The van der Waals surface area contributed by atoms with Crippen LogP contribution in [0.4, 0.5) is 0 Å². The molecule has 1 aromatic rings. The van der Waals surface area contributed by atoms with Gasteiger partial charge in [-0.25, -0.2) is 18.2 Å². The monoisotopic (exact) mass is 522 g/mol. The van der Waals surface area contributed by atoms with E-state index in [1.165, 1.54) is 6.20 Å². The molecule has 0 bridgehead atoms. The summed E-state index contributed by atoms with van der Waals surface area (Å²) in [5.41, 5.74) is -1.39. The lowest BCUT2D eigenvalue weighted by Gasteiger charge is -2.30. The lowest BCUT2D eigenvalue weighted by molar-refractivity contribution is -0.246. The standard InChI is InChI=1S/C12H17N2O13P3S/c1-2-7-23-12(5-3-10(25-12)14-6-4-9(15)13-11(14)16)8-24-30(22,31)27-29(20,21)26-28(17,18)19/h1,4,6,10H,3,5,7-8H2,(H,20,21)(H,22,31)(H,13,15,16)(H2,17,18,19). The van der Waals surface area contributed by atoms with Crippen LogP contribution in [0.25, 0.3) is 0 Å². The Kier molecular flexibility index (Phi) is 8.35. The van der Waals surface area contributed by atoms with E-state index in [1.807, 2.05) is 4.98 Å². The number of hydrogen-bond acceptors (Lipinski definition) is 10. The maximum Gasteiger partial charge on any atom is 0.488 e. The van der Waals surface area contributed by atoms with E-state index in [9.17, 15) is 28.5 Å². The van der Waals surface area contributed by atoms with Crippen molar-refractivity contribution in [2.24, 2.45) is 0 Å². The fraction of sp³-hybridized carbons (Fsp3) is 0.500. The molecule has 1 fully saturated rings. The van der Waals surface area contributed by atoms with Crippen molar-refractivity contribution < 1.29 is 51.3 Å². The van der Waals surface area contributed by atoms with Crippen molar-refractivity contribution >= 4 is 34.2 Å². The quantitative estimate of drug-likeness (QED) is 0.196. The highest BCUT2D eigenvalue weighted by Crippen LogP contribution is 2.66. The van der Waals surface area contributed by atoms with Crippen LogP contribution in [0.3, 0.4) is 0 Å². The number of terminal acetylenes is 1. The molecule has 19 heteroatoms. The summed E-state index contributed by atoms with van der Waals surface area (Å²) in [6, 6.07) is 1.09. The molecule has 1 aliphatic rings. The summed E-state index contributed by atoms with van der Waals surface area (Å²) in [6.45, 7) is -5.63. The smallest absolute Gasteiger partial charge is 0.335 e. The molecule has 0 spiro atoms. The Bertz CT molecular complexity index is 1110. The van der Waals surface area contributed by atoms with Crippen LogP contribution in [0.15, 0.2) is 21.9 Å². The summed E-state index contributed by atoms with van der Waals surface area (Å²) in [5.74, 6) is 0.490. The van der Waals surface area contributed by atoms with E-state index in [1.54, 1.807) is 0 Å². The fourth-order valence-electron chi connectivity index (χ4n) is 2.47. The SMILES string of the molecule is C#CCOC1(COP(O)(=S)OP(=O)(O)OP(=O)(O)O)CCC(n2ccc(=O)[nH]c2=O)O1. The van der Waals surface area contributed by atoms with Crippen molar-refractivity contribution in [3.05, 3.63) is 33.1 Å². The molecular weight excluding hydrogens is 505 g/mol. The molecule has 0 aromatic carbocycles. The minimum Gasteiger partial charge on any atom is -0.335 e. The largest absolute Gasteiger partial charge is 0.488 e. The van der Waals surface area contributed by atoms with Crippen LogP contribution in [0.1, 0.15) is 19.1 Å². The van der Waals surface area contributed by atoms with E-state index in [0.29, 0.717) is 0 Å². The number of phosphoric acid groups is 2. The molecule has 0 radical (unpaired) electrons. The molecule has 1 aromatic heterocycles. The highest BCUT2D eigenvalue weighted by molar-refractivity contribution is 8.08. The van der Waals surface area contributed by atoms with Gasteiger partial charge in [0.05, 0.1) is 0 Å². The molecule has 174 valence electrons. The van der Waals surface area contributed by atoms with E-state index in [4.69, 9.17) is 30.2 Å². The predicted molar refractivity (Wildman–Crippen MR) is 105 cm³/mol. The highest BCUT2D eigenvalue weighted by atomic mass is 32.5. The highest BCUT2D eigenvalue weighted by Gasteiger charge is 2.45. The average Bonchev–Trinajstić information content (AvgIpc) is 3.00. The van der Waals surface area contributed by atoms with Gasteiger partial charge in [-0.05, 0) is 18.2 Å². The van der Waals surface area contributed by atoms with Crippen molar-refractivity contribution in [2.45, 2.75) is 24.9 Å². The molecule has 31 heavy (non-hydrogen) atoms. The average molecular weight is 522 g/mol. The first-order chi connectivity index (χ1) is 14.2. The molecule has 0 saturated carbocycles. The van der Waals surface area contributed by atoms with E-state index in [2.05, 4.69) is 26.3 Å². The Morgan fingerprint density at radius 3 is 2.58 bits per heavy atom. The minimum atomic E-state index is -5.50. The Morgan fingerprint density at radius 2 is 2.00 bits per heavy atom. The summed E-state index contributed by atoms with van der Waals surface area (Å²) in [5, 5.41) is 0. The number of nitrogens with one attached hydrogen (secondary N) is 1. The number of nitrogens with zero attached hydrogens (tertiary/aromatic N) is 1. The van der Waals surface area contributed by atoms with Crippen molar-refractivity contribution in [1.29, 1.82) is 0 Å². The number of aromatic amines is 1. The lowest BCUT2D eigenvalue weighted by atomic mass is 10.2. The van der Waals surface area contributed by atoms with Gasteiger partial charge in [-0.15, -0.1) is 6.42 Å². The van der Waals surface area contributed by atoms with Gasteiger partial charge >= 0.3 is 28.1 Å². The molecule has 1 aliphatic heterocycles. The summed E-state index contributed by atoms with van der Waals surface area (Å²) in [4.78, 5) is 61.7. The van der Waals surface area contributed by atoms with E-state index in [-0.39, 0.29) is 19.4 Å². The van der Waals surface area contributed by atoms with E-state index < -0.39 is 52.2 Å². The topological polar surface area (TPSA) is 216 Å². The fourth-order valence-corrected chi connectivity index (χ4v) is 6.44. The third kappa shape index (κ3) is 8.12. The molecular formula is C12H17N2O13P3S.